The third-order valence-corrected chi connectivity index (χ3v) is 2.20. The molecular weight excluding hydrogens is 248 g/mol. The van der Waals surface area contributed by atoms with Crippen molar-refractivity contribution in [1.82, 2.24) is 19.7 Å². The number of halogens is 1. The maximum atomic E-state index is 10.9. The first-order valence-corrected chi connectivity index (χ1v) is 4.86. The van der Waals surface area contributed by atoms with Gasteiger partial charge in [0.2, 0.25) is 11.8 Å². The van der Waals surface area contributed by atoms with Crippen LogP contribution in [0.1, 0.15) is 5.69 Å². The second-order valence-corrected chi connectivity index (χ2v) is 3.64. The lowest BCUT2D eigenvalue weighted by Crippen LogP contribution is -2.09. The smallest absolute Gasteiger partial charge is 0.334 e. The molecule has 17 heavy (non-hydrogen) atoms. The first kappa shape index (κ1) is 11.3. The van der Waals surface area contributed by atoms with Crippen LogP contribution in [0.15, 0.2) is 12.4 Å². The molecule has 2 aromatic rings. The number of anilines is 1. The lowest BCUT2D eigenvalue weighted by atomic mass is 10.3. The van der Waals surface area contributed by atoms with Crippen molar-refractivity contribution in [2.45, 2.75) is 6.92 Å². The first-order chi connectivity index (χ1) is 7.99. The normalized spacial score (nSPS) is 10.5. The molecular formula is C8H7ClN6O2. The van der Waals surface area contributed by atoms with Crippen LogP contribution in [0.4, 0.5) is 11.6 Å². The Morgan fingerprint density at radius 2 is 2.24 bits per heavy atom. The van der Waals surface area contributed by atoms with Gasteiger partial charge in [0.15, 0.2) is 0 Å². The summed E-state index contributed by atoms with van der Waals surface area (Å²) in [7, 11) is 0. The molecule has 0 fully saturated rings. The van der Waals surface area contributed by atoms with E-state index in [4.69, 9.17) is 17.3 Å². The van der Waals surface area contributed by atoms with Crippen LogP contribution in [-0.4, -0.2) is 24.7 Å². The summed E-state index contributed by atoms with van der Waals surface area (Å²) >= 11 is 5.69. The molecule has 0 atom stereocenters. The lowest BCUT2D eigenvalue weighted by molar-refractivity contribution is -0.385. The monoisotopic (exact) mass is 254 g/mol. The summed E-state index contributed by atoms with van der Waals surface area (Å²) in [5.41, 5.74) is 5.37. The zero-order chi connectivity index (χ0) is 12.6. The van der Waals surface area contributed by atoms with Crippen molar-refractivity contribution in [2.24, 2.45) is 0 Å². The van der Waals surface area contributed by atoms with Crippen LogP contribution in [-0.2, 0) is 0 Å². The molecule has 2 rings (SSSR count). The molecule has 0 saturated carbocycles. The van der Waals surface area contributed by atoms with Crippen LogP contribution in [0.25, 0.3) is 5.82 Å². The van der Waals surface area contributed by atoms with Crippen LogP contribution in [0.2, 0.25) is 5.02 Å². The predicted molar refractivity (Wildman–Crippen MR) is 60.0 cm³/mol. The summed E-state index contributed by atoms with van der Waals surface area (Å²) < 4.78 is 1.19. The topological polar surface area (TPSA) is 113 Å². The molecule has 0 bridgehead atoms. The van der Waals surface area contributed by atoms with Crippen molar-refractivity contribution in [3.8, 4) is 5.82 Å². The Morgan fingerprint density at radius 1 is 1.53 bits per heavy atom. The fraction of sp³-hybridized carbons (Fsp3) is 0.125. The minimum atomic E-state index is -0.584. The minimum absolute atomic E-state index is 0.00750. The van der Waals surface area contributed by atoms with E-state index in [1.807, 2.05) is 0 Å². The molecule has 0 saturated heterocycles. The van der Waals surface area contributed by atoms with Gasteiger partial charge in [-0.1, -0.05) is 11.6 Å². The number of nitro groups is 1. The third kappa shape index (κ3) is 2.02. The van der Waals surface area contributed by atoms with Gasteiger partial charge >= 0.3 is 5.69 Å². The Bertz CT molecular complexity index is 596. The molecule has 0 radical (unpaired) electrons. The summed E-state index contributed by atoms with van der Waals surface area (Å²) in [4.78, 5) is 17.9. The largest absolute Gasteiger partial charge is 0.368 e. The highest BCUT2D eigenvalue weighted by atomic mass is 35.5. The zero-order valence-corrected chi connectivity index (χ0v) is 9.42. The van der Waals surface area contributed by atoms with Crippen molar-refractivity contribution < 1.29 is 4.92 Å². The van der Waals surface area contributed by atoms with Gasteiger partial charge in [-0.05, 0) is 6.92 Å². The van der Waals surface area contributed by atoms with Crippen molar-refractivity contribution >= 4 is 23.2 Å². The minimum Gasteiger partial charge on any atom is -0.368 e. The molecule has 88 valence electrons. The molecule has 2 heterocycles. The van der Waals surface area contributed by atoms with Crippen LogP contribution in [0.3, 0.4) is 0 Å². The molecule has 0 aliphatic carbocycles. The number of aryl methyl sites for hydroxylation is 1. The van der Waals surface area contributed by atoms with Crippen LogP contribution in [0, 0.1) is 17.0 Å². The van der Waals surface area contributed by atoms with Gasteiger partial charge in [0.1, 0.15) is 5.69 Å². The molecule has 9 heteroatoms. The van der Waals surface area contributed by atoms with E-state index >= 15 is 0 Å². The number of hydrogen-bond acceptors (Lipinski definition) is 6. The number of nitrogens with two attached hydrogens (primary N) is 1. The predicted octanol–water partition coefficient (Wildman–Crippen LogP) is 1.11. The van der Waals surface area contributed by atoms with Crippen LogP contribution < -0.4 is 5.73 Å². The maximum absolute atomic E-state index is 10.9. The Balaban J connectivity index is 2.71. The average molecular weight is 255 g/mol. The molecule has 0 amide bonds. The number of nitrogens with zero attached hydrogens (tertiary/aromatic N) is 5. The molecule has 2 N–H and O–H groups in total. The van der Waals surface area contributed by atoms with Gasteiger partial charge in [-0.3, -0.25) is 10.1 Å². The summed E-state index contributed by atoms with van der Waals surface area (Å²) in [5.74, 6) is -0.0679. The lowest BCUT2D eigenvalue weighted by Gasteiger charge is -2.04. The molecule has 0 aromatic carbocycles. The van der Waals surface area contributed by atoms with E-state index in [-0.39, 0.29) is 23.1 Å². The van der Waals surface area contributed by atoms with E-state index < -0.39 is 4.92 Å². The molecule has 0 aliphatic heterocycles. The van der Waals surface area contributed by atoms with Crippen molar-refractivity contribution in [3.05, 3.63) is 33.2 Å². The van der Waals surface area contributed by atoms with Crippen LogP contribution in [0.5, 0.6) is 0 Å². The number of aromatic nitrogens is 4. The SMILES string of the molecule is Cc1nc(N)nc(-n2cc(Cl)cn2)c1[N+](=O)[O-]. The Morgan fingerprint density at radius 3 is 2.76 bits per heavy atom. The molecule has 0 spiro atoms. The van der Waals surface area contributed by atoms with Crippen LogP contribution >= 0.6 is 11.6 Å². The maximum Gasteiger partial charge on any atom is 0.334 e. The first-order valence-electron chi connectivity index (χ1n) is 4.48. The third-order valence-electron chi connectivity index (χ3n) is 2.01. The second-order valence-electron chi connectivity index (χ2n) is 3.20. The average Bonchev–Trinajstić information content (AvgIpc) is 2.62. The molecule has 2 aromatic heterocycles. The van der Waals surface area contributed by atoms with E-state index in [1.165, 1.54) is 24.0 Å². The number of nitrogen functional groups attached to an aromatic ring is 1. The number of rotatable bonds is 2. The van der Waals surface area contributed by atoms with Gasteiger partial charge in [0, 0.05) is 0 Å². The highest BCUT2D eigenvalue weighted by molar-refractivity contribution is 6.30. The quantitative estimate of drug-likeness (QED) is 0.634. The second kappa shape index (κ2) is 3.98. The summed E-state index contributed by atoms with van der Waals surface area (Å²) in [6, 6.07) is 0. The molecule has 8 nitrogen and oxygen atoms in total. The summed E-state index contributed by atoms with van der Waals surface area (Å²) in [6.45, 7) is 1.48. The molecule has 0 unspecified atom stereocenters. The van der Waals surface area contributed by atoms with Gasteiger partial charge in [-0.15, -0.1) is 0 Å². The Labute approximate surface area is 100 Å². The standard InChI is InChI=1S/C8H7ClN6O2/c1-4-6(15(16)17)7(13-8(10)12-4)14-3-5(9)2-11-14/h2-3H,1H3,(H2,10,12,13). The van der Waals surface area contributed by atoms with Crippen molar-refractivity contribution in [1.29, 1.82) is 0 Å². The Kier molecular flexibility index (Phi) is 2.64. The van der Waals surface area contributed by atoms with Gasteiger partial charge in [0.05, 0.1) is 22.3 Å². The summed E-state index contributed by atoms with van der Waals surface area (Å²) in [5, 5.41) is 15.1. The fourth-order valence-corrected chi connectivity index (χ4v) is 1.50. The Hall–Kier alpha value is -2.22. The van der Waals surface area contributed by atoms with E-state index in [9.17, 15) is 10.1 Å². The fourth-order valence-electron chi connectivity index (χ4n) is 1.36. The summed E-state index contributed by atoms with van der Waals surface area (Å²) in [6.07, 6.45) is 2.74. The molecule has 0 aliphatic rings. The van der Waals surface area contributed by atoms with Gasteiger partial charge in [-0.25, -0.2) is 9.67 Å². The van der Waals surface area contributed by atoms with Gasteiger partial charge in [-0.2, -0.15) is 10.1 Å². The van der Waals surface area contributed by atoms with Crippen molar-refractivity contribution in [3.63, 3.8) is 0 Å². The zero-order valence-electron chi connectivity index (χ0n) is 8.66. The van der Waals surface area contributed by atoms with Gasteiger partial charge < -0.3 is 5.73 Å². The highest BCUT2D eigenvalue weighted by Gasteiger charge is 2.23. The van der Waals surface area contributed by atoms with Gasteiger partial charge in [0.25, 0.3) is 0 Å². The highest BCUT2D eigenvalue weighted by Crippen LogP contribution is 2.24. The van der Waals surface area contributed by atoms with Crippen molar-refractivity contribution in [2.75, 3.05) is 5.73 Å². The van der Waals surface area contributed by atoms with E-state index in [2.05, 4.69) is 15.1 Å². The van der Waals surface area contributed by atoms with E-state index in [1.54, 1.807) is 0 Å². The van der Waals surface area contributed by atoms with E-state index in [0.717, 1.165) is 0 Å². The number of hydrogen-bond donors (Lipinski definition) is 1. The van der Waals surface area contributed by atoms with E-state index in [0.29, 0.717) is 5.02 Å².